The first-order valence-electron chi connectivity index (χ1n) is 11.0. The van der Waals surface area contributed by atoms with Gasteiger partial charge < -0.3 is 15.7 Å². The second-order valence-corrected chi connectivity index (χ2v) is 9.12. The molecular formula is C27H25ClN2O4. The number of carbonyl (C=O) groups excluding carboxylic acids is 3. The summed E-state index contributed by atoms with van der Waals surface area (Å²) in [7, 11) is 0. The van der Waals surface area contributed by atoms with Crippen molar-refractivity contribution in [2.75, 3.05) is 10.6 Å². The van der Waals surface area contributed by atoms with Gasteiger partial charge in [0.1, 0.15) is 11.7 Å². The quantitative estimate of drug-likeness (QED) is 0.467. The highest BCUT2D eigenvalue weighted by Gasteiger charge is 2.56. The summed E-state index contributed by atoms with van der Waals surface area (Å²) >= 11 is 6.50. The summed E-state index contributed by atoms with van der Waals surface area (Å²) in [5.41, 5.74) is -0.160. The second-order valence-electron chi connectivity index (χ2n) is 8.71. The van der Waals surface area contributed by atoms with E-state index in [-0.39, 0.29) is 6.42 Å². The summed E-state index contributed by atoms with van der Waals surface area (Å²) in [6, 6.07) is 24.4. The molecule has 1 saturated carbocycles. The first-order valence-corrected chi connectivity index (χ1v) is 11.4. The van der Waals surface area contributed by atoms with Gasteiger partial charge in [-0.05, 0) is 42.8 Å². The number of nitrogens with one attached hydrogen (secondary N) is 2. The molecule has 4 atom stereocenters. The first kappa shape index (κ1) is 23.7. The Kier molecular flexibility index (Phi) is 6.82. The number of hydrogen-bond acceptors (Lipinski definition) is 4. The van der Waals surface area contributed by atoms with Crippen LogP contribution in [0.15, 0.2) is 84.9 Å². The largest absolute Gasteiger partial charge is 0.389 e. The Labute approximate surface area is 203 Å². The molecule has 0 heterocycles. The molecule has 34 heavy (non-hydrogen) atoms. The Morgan fingerprint density at radius 1 is 0.853 bits per heavy atom. The van der Waals surface area contributed by atoms with Gasteiger partial charge in [0.15, 0.2) is 0 Å². The van der Waals surface area contributed by atoms with Crippen LogP contribution in [0.25, 0.3) is 0 Å². The van der Waals surface area contributed by atoms with E-state index < -0.39 is 41.0 Å². The molecule has 0 aromatic heterocycles. The standard InChI is InChI=1S/C27H25ClN2O4/c1-27(34)16-21(31)23(25(32)29-17-10-4-2-5-11-17)22(19-14-8-9-15-20(19)28)24(27)26(33)30-18-12-6-3-7-13-18/h2-15,22-24,34H,16H2,1H3,(H,29,32)(H,30,33). The van der Waals surface area contributed by atoms with E-state index in [1.54, 1.807) is 72.8 Å². The van der Waals surface area contributed by atoms with Crippen LogP contribution in [0.4, 0.5) is 11.4 Å². The Bertz CT molecular complexity index is 1200. The maximum Gasteiger partial charge on any atom is 0.235 e. The number of halogens is 1. The molecule has 0 radical (unpaired) electrons. The van der Waals surface area contributed by atoms with E-state index in [1.165, 1.54) is 6.92 Å². The predicted molar refractivity (Wildman–Crippen MR) is 132 cm³/mol. The van der Waals surface area contributed by atoms with E-state index in [9.17, 15) is 19.5 Å². The number of Topliss-reactive ketones (excluding diaryl/α,β-unsaturated/α-hetero) is 1. The fraction of sp³-hybridized carbons (Fsp3) is 0.222. The van der Waals surface area contributed by atoms with E-state index >= 15 is 0 Å². The molecule has 0 spiro atoms. The molecule has 6 nitrogen and oxygen atoms in total. The minimum atomic E-state index is -1.69. The zero-order valence-corrected chi connectivity index (χ0v) is 19.3. The normalized spacial score (nSPS) is 24.3. The monoisotopic (exact) mass is 476 g/mol. The summed E-state index contributed by atoms with van der Waals surface area (Å²) in [6.45, 7) is 1.45. The second kappa shape index (κ2) is 9.79. The molecule has 2 amide bonds. The summed E-state index contributed by atoms with van der Waals surface area (Å²) in [6.07, 6.45) is -0.340. The van der Waals surface area contributed by atoms with Gasteiger partial charge in [0.2, 0.25) is 11.8 Å². The number of amides is 2. The maximum absolute atomic E-state index is 13.6. The molecule has 0 bridgehead atoms. The van der Waals surface area contributed by atoms with E-state index in [0.29, 0.717) is 22.0 Å². The van der Waals surface area contributed by atoms with Crippen LogP contribution in [0.2, 0.25) is 5.02 Å². The molecule has 3 aromatic rings. The molecule has 174 valence electrons. The highest BCUT2D eigenvalue weighted by Crippen LogP contribution is 2.48. The lowest BCUT2D eigenvalue weighted by Gasteiger charge is -2.44. The van der Waals surface area contributed by atoms with Gasteiger partial charge in [-0.15, -0.1) is 0 Å². The van der Waals surface area contributed by atoms with Gasteiger partial charge in [-0.25, -0.2) is 0 Å². The molecule has 3 N–H and O–H groups in total. The molecule has 0 aliphatic heterocycles. The molecule has 3 aromatic carbocycles. The van der Waals surface area contributed by atoms with Crippen molar-refractivity contribution in [2.24, 2.45) is 11.8 Å². The van der Waals surface area contributed by atoms with Crippen molar-refractivity contribution in [1.82, 2.24) is 0 Å². The van der Waals surface area contributed by atoms with Gasteiger partial charge in [0.25, 0.3) is 0 Å². The van der Waals surface area contributed by atoms with Crippen molar-refractivity contribution in [3.05, 3.63) is 95.5 Å². The van der Waals surface area contributed by atoms with Crippen LogP contribution in [0, 0.1) is 11.8 Å². The third-order valence-electron chi connectivity index (χ3n) is 6.18. The molecule has 0 saturated heterocycles. The topological polar surface area (TPSA) is 95.5 Å². The lowest BCUT2D eigenvalue weighted by molar-refractivity contribution is -0.150. The number of benzene rings is 3. The number of carbonyl (C=O) groups is 3. The summed E-state index contributed by atoms with van der Waals surface area (Å²) in [4.78, 5) is 40.2. The van der Waals surface area contributed by atoms with Crippen molar-refractivity contribution in [3.8, 4) is 0 Å². The van der Waals surface area contributed by atoms with Crippen LogP contribution in [0.1, 0.15) is 24.8 Å². The third kappa shape index (κ3) is 4.88. The molecule has 4 rings (SSSR count). The Balaban J connectivity index is 1.78. The zero-order valence-electron chi connectivity index (χ0n) is 18.6. The van der Waals surface area contributed by atoms with E-state index in [2.05, 4.69) is 10.6 Å². The summed E-state index contributed by atoms with van der Waals surface area (Å²) in [5.74, 6) is -4.80. The van der Waals surface area contributed by atoms with E-state index in [4.69, 9.17) is 11.6 Å². The SMILES string of the molecule is CC1(O)CC(=O)C(C(=O)Nc2ccccc2)C(c2ccccc2Cl)C1C(=O)Nc1ccccc1. The predicted octanol–water partition coefficient (Wildman–Crippen LogP) is 4.66. The zero-order chi connectivity index (χ0) is 24.3. The fourth-order valence-corrected chi connectivity index (χ4v) is 4.96. The smallest absolute Gasteiger partial charge is 0.235 e. The van der Waals surface area contributed by atoms with Gasteiger partial charge in [-0.3, -0.25) is 14.4 Å². The summed E-state index contributed by atoms with van der Waals surface area (Å²) in [5, 5.41) is 17.2. The first-order chi connectivity index (χ1) is 16.3. The van der Waals surface area contributed by atoms with Crippen molar-refractivity contribution in [1.29, 1.82) is 0 Å². The van der Waals surface area contributed by atoms with Crippen LogP contribution < -0.4 is 10.6 Å². The lowest BCUT2D eigenvalue weighted by Crippen LogP contribution is -2.56. The van der Waals surface area contributed by atoms with Crippen LogP contribution in [-0.2, 0) is 14.4 Å². The Hall–Kier alpha value is -3.48. The number of anilines is 2. The minimum Gasteiger partial charge on any atom is -0.389 e. The van der Waals surface area contributed by atoms with Gasteiger partial charge in [-0.1, -0.05) is 66.2 Å². The molecule has 1 aliphatic rings. The third-order valence-corrected chi connectivity index (χ3v) is 6.52. The maximum atomic E-state index is 13.6. The highest BCUT2D eigenvalue weighted by atomic mass is 35.5. The number of hydrogen-bond donors (Lipinski definition) is 3. The van der Waals surface area contributed by atoms with Crippen molar-refractivity contribution >= 4 is 40.6 Å². The lowest BCUT2D eigenvalue weighted by atomic mass is 9.61. The van der Waals surface area contributed by atoms with Gasteiger partial charge in [0, 0.05) is 28.7 Å². The van der Waals surface area contributed by atoms with Crippen molar-refractivity contribution in [3.63, 3.8) is 0 Å². The fourth-order valence-electron chi connectivity index (χ4n) is 4.69. The van der Waals surface area contributed by atoms with Crippen molar-refractivity contribution < 1.29 is 19.5 Å². The van der Waals surface area contributed by atoms with Crippen LogP contribution >= 0.6 is 11.6 Å². The van der Waals surface area contributed by atoms with Crippen molar-refractivity contribution in [2.45, 2.75) is 24.9 Å². The van der Waals surface area contributed by atoms with Crippen LogP contribution in [-0.4, -0.2) is 28.3 Å². The van der Waals surface area contributed by atoms with E-state index in [0.717, 1.165) is 0 Å². The molecule has 1 aliphatic carbocycles. The van der Waals surface area contributed by atoms with Crippen LogP contribution in [0.3, 0.4) is 0 Å². The summed E-state index contributed by atoms with van der Waals surface area (Å²) < 4.78 is 0. The number of rotatable bonds is 5. The van der Waals surface area contributed by atoms with E-state index in [1.807, 2.05) is 12.1 Å². The van der Waals surface area contributed by atoms with Gasteiger partial charge in [-0.2, -0.15) is 0 Å². The number of ketones is 1. The minimum absolute atomic E-state index is 0.313. The van der Waals surface area contributed by atoms with Gasteiger partial charge >= 0.3 is 0 Å². The Morgan fingerprint density at radius 2 is 1.35 bits per heavy atom. The molecule has 1 fully saturated rings. The average Bonchev–Trinajstić information content (AvgIpc) is 2.79. The highest BCUT2D eigenvalue weighted by molar-refractivity contribution is 6.31. The number of para-hydroxylation sites is 2. The van der Waals surface area contributed by atoms with Gasteiger partial charge in [0.05, 0.1) is 11.5 Å². The molecular weight excluding hydrogens is 452 g/mol. The molecule has 7 heteroatoms. The van der Waals surface area contributed by atoms with Crippen LogP contribution in [0.5, 0.6) is 0 Å². The number of aliphatic hydroxyl groups is 1. The molecule has 4 unspecified atom stereocenters. The average molecular weight is 477 g/mol. The Morgan fingerprint density at radius 3 is 1.91 bits per heavy atom.